The van der Waals surface area contributed by atoms with Crippen LogP contribution in [0.15, 0.2) is 12.7 Å². The minimum Gasteiger partial charge on any atom is -0.393 e. The molecule has 0 spiro atoms. The third-order valence-electron chi connectivity index (χ3n) is 7.51. The Hall–Kier alpha value is -0.190. The molecular weight excluding hydrogens is 368 g/mol. The van der Waals surface area contributed by atoms with E-state index in [0.29, 0.717) is 12.8 Å². The molecule has 0 bridgehead atoms. The number of hydrogen-bond acceptors (Lipinski definition) is 3. The molecule has 2 aliphatic carbocycles. The molecule has 2 unspecified atom stereocenters. The third-order valence-corrected chi connectivity index (χ3v) is 9.01. The van der Waals surface area contributed by atoms with E-state index in [0.717, 1.165) is 12.8 Å². The molecule has 1 aliphatic heterocycles. The zero-order valence-corrected chi connectivity index (χ0v) is 17.1. The normalized spacial score (nSPS) is 53.9. The molecule has 7 atom stereocenters. The molecule has 0 amide bonds. The van der Waals surface area contributed by atoms with Crippen molar-refractivity contribution in [3.05, 3.63) is 12.7 Å². The number of Topliss-reactive ketones (excluding diaryl/α,β-unsaturated/α-hetero) is 1. The van der Waals surface area contributed by atoms with Gasteiger partial charge in [-0.1, -0.05) is 42.8 Å². The second kappa shape index (κ2) is 5.40. The van der Waals surface area contributed by atoms with Gasteiger partial charge < -0.3 is 9.84 Å². The molecule has 3 aliphatic rings. The van der Waals surface area contributed by atoms with Crippen molar-refractivity contribution in [3.8, 4) is 0 Å². The Morgan fingerprint density at radius 1 is 1.29 bits per heavy atom. The molecule has 0 radical (unpaired) electrons. The fourth-order valence-electron chi connectivity index (χ4n) is 6.28. The van der Waals surface area contributed by atoms with Gasteiger partial charge in [0.2, 0.25) is 0 Å². The Labute approximate surface area is 154 Å². The first-order valence-corrected chi connectivity index (χ1v) is 10.0. The van der Waals surface area contributed by atoms with Crippen LogP contribution in [0.25, 0.3) is 0 Å². The van der Waals surface area contributed by atoms with E-state index in [1.165, 1.54) is 0 Å². The third kappa shape index (κ3) is 2.32. The van der Waals surface area contributed by atoms with Crippen LogP contribution in [0.5, 0.6) is 0 Å². The average molecular weight is 399 g/mol. The summed E-state index contributed by atoms with van der Waals surface area (Å²) < 4.78 is 6.50. The summed E-state index contributed by atoms with van der Waals surface area (Å²) in [6.45, 7) is 14.5. The highest BCUT2D eigenvalue weighted by atomic mass is 79.9. The van der Waals surface area contributed by atoms with Gasteiger partial charge in [0.1, 0.15) is 5.78 Å². The van der Waals surface area contributed by atoms with Crippen molar-refractivity contribution in [1.82, 2.24) is 0 Å². The molecule has 3 rings (SSSR count). The Bertz CT molecular complexity index is 573. The smallest absolute Gasteiger partial charge is 0.140 e. The summed E-state index contributed by atoms with van der Waals surface area (Å²) in [6.07, 6.45) is 4.25. The summed E-state index contributed by atoms with van der Waals surface area (Å²) in [5.41, 5.74) is -1.54. The fraction of sp³-hybridized carbons (Fsp3) is 0.850. The van der Waals surface area contributed by atoms with E-state index in [1.807, 2.05) is 6.08 Å². The van der Waals surface area contributed by atoms with Gasteiger partial charge in [0, 0.05) is 34.9 Å². The number of hydrogen-bond donors (Lipinski definition) is 1. The fourth-order valence-corrected chi connectivity index (χ4v) is 6.86. The maximum atomic E-state index is 13.2. The summed E-state index contributed by atoms with van der Waals surface area (Å²) in [6, 6.07) is 0. The van der Waals surface area contributed by atoms with Crippen molar-refractivity contribution in [2.45, 2.75) is 82.4 Å². The molecule has 3 nitrogen and oxygen atoms in total. The Balaban J connectivity index is 2.09. The number of ether oxygens (including phenoxy) is 1. The summed E-state index contributed by atoms with van der Waals surface area (Å²) in [5, 5.41) is 11.1. The van der Waals surface area contributed by atoms with Gasteiger partial charge >= 0.3 is 0 Å². The zero-order valence-electron chi connectivity index (χ0n) is 15.6. The Morgan fingerprint density at radius 2 is 1.92 bits per heavy atom. The van der Waals surface area contributed by atoms with Crippen LogP contribution in [-0.2, 0) is 9.53 Å². The highest BCUT2D eigenvalue weighted by Gasteiger charge is 2.68. The van der Waals surface area contributed by atoms with Crippen molar-refractivity contribution in [2.75, 3.05) is 0 Å². The predicted molar refractivity (Wildman–Crippen MR) is 99.2 cm³/mol. The van der Waals surface area contributed by atoms with E-state index < -0.39 is 17.1 Å². The molecule has 3 fully saturated rings. The van der Waals surface area contributed by atoms with Gasteiger partial charge in [-0.25, -0.2) is 0 Å². The lowest BCUT2D eigenvalue weighted by Crippen LogP contribution is -2.70. The van der Waals surface area contributed by atoms with Crippen LogP contribution in [0.2, 0.25) is 0 Å². The van der Waals surface area contributed by atoms with Crippen molar-refractivity contribution in [1.29, 1.82) is 0 Å². The van der Waals surface area contributed by atoms with Crippen LogP contribution < -0.4 is 0 Å². The number of aliphatic hydroxyl groups excluding tert-OH is 1. The summed E-state index contributed by atoms with van der Waals surface area (Å²) in [5.74, 6) is 0.359. The molecule has 24 heavy (non-hydrogen) atoms. The van der Waals surface area contributed by atoms with Gasteiger partial charge in [-0.2, -0.15) is 0 Å². The van der Waals surface area contributed by atoms with E-state index in [-0.39, 0.29) is 33.5 Å². The topological polar surface area (TPSA) is 46.5 Å². The molecule has 1 N–H and O–H groups in total. The molecule has 0 aromatic carbocycles. The van der Waals surface area contributed by atoms with E-state index >= 15 is 0 Å². The van der Waals surface area contributed by atoms with Gasteiger partial charge in [-0.05, 0) is 32.1 Å². The maximum Gasteiger partial charge on any atom is 0.140 e. The second-order valence-corrected chi connectivity index (χ2v) is 10.6. The second-order valence-electron chi connectivity index (χ2n) is 9.47. The number of halogens is 1. The number of ketones is 1. The first-order valence-electron chi connectivity index (χ1n) is 9.10. The van der Waals surface area contributed by atoms with Gasteiger partial charge in [0.25, 0.3) is 0 Å². The molecule has 0 aromatic heterocycles. The van der Waals surface area contributed by atoms with Crippen molar-refractivity contribution in [3.63, 3.8) is 0 Å². The summed E-state index contributed by atoms with van der Waals surface area (Å²) in [7, 11) is 0. The zero-order chi connectivity index (χ0) is 18.1. The average Bonchev–Trinajstić information content (AvgIpc) is 2.43. The van der Waals surface area contributed by atoms with Crippen LogP contribution in [0.4, 0.5) is 0 Å². The molecule has 136 valence electrons. The Morgan fingerprint density at radius 3 is 2.50 bits per heavy atom. The molecule has 1 heterocycles. The highest BCUT2D eigenvalue weighted by molar-refractivity contribution is 9.09. The van der Waals surface area contributed by atoms with E-state index in [2.05, 4.69) is 57.1 Å². The summed E-state index contributed by atoms with van der Waals surface area (Å²) >= 11 is 3.72. The number of aliphatic hydroxyl groups is 1. The van der Waals surface area contributed by atoms with E-state index in [9.17, 15) is 9.90 Å². The largest absolute Gasteiger partial charge is 0.393 e. The minimum atomic E-state index is -0.539. The standard InChI is InChI=1S/C20H31BrO3/c1-7-18(4)9-8-13-19(5,24-18)11-12(22)16-17(2,3)14(21)10-15(23)20(13,16)6/h7,12-14,16,22H,1,8-11H2,2-6H3/t12?,13-,14?,16-,18-,19+,20-/m0/s1. The van der Waals surface area contributed by atoms with Crippen LogP contribution in [0.1, 0.15) is 60.3 Å². The first-order chi connectivity index (χ1) is 10.9. The number of alkyl halides is 1. The van der Waals surface area contributed by atoms with E-state index in [4.69, 9.17) is 4.74 Å². The summed E-state index contributed by atoms with van der Waals surface area (Å²) in [4.78, 5) is 13.3. The molecule has 2 saturated carbocycles. The van der Waals surface area contributed by atoms with Gasteiger partial charge in [-0.15, -0.1) is 6.58 Å². The SMILES string of the molecule is C=C[C@@]1(C)CC[C@@H]2[C@@]3(C)C(=O)CC(Br)C(C)(C)[C@@H]3C(O)C[C@@]2(C)O1. The van der Waals surface area contributed by atoms with E-state index in [1.54, 1.807) is 0 Å². The van der Waals surface area contributed by atoms with Crippen molar-refractivity contribution < 1.29 is 14.6 Å². The lowest BCUT2D eigenvalue weighted by atomic mass is 9.43. The van der Waals surface area contributed by atoms with Crippen LogP contribution in [-0.4, -0.2) is 33.0 Å². The number of carbonyl (C=O) groups excluding carboxylic acids is 1. The molecule has 0 aromatic rings. The van der Waals surface area contributed by atoms with Gasteiger partial charge in [-0.3, -0.25) is 4.79 Å². The van der Waals surface area contributed by atoms with Crippen LogP contribution in [0.3, 0.4) is 0 Å². The molecule has 4 heteroatoms. The Kier molecular flexibility index (Phi) is 4.19. The van der Waals surface area contributed by atoms with Crippen LogP contribution >= 0.6 is 15.9 Å². The number of rotatable bonds is 1. The lowest BCUT2D eigenvalue weighted by Gasteiger charge is -2.66. The quantitative estimate of drug-likeness (QED) is 0.529. The first kappa shape index (κ1) is 18.6. The highest BCUT2D eigenvalue weighted by Crippen LogP contribution is 2.65. The number of fused-ring (bicyclic) bond motifs is 3. The van der Waals surface area contributed by atoms with Crippen molar-refractivity contribution in [2.24, 2.45) is 22.7 Å². The maximum absolute atomic E-state index is 13.2. The minimum absolute atomic E-state index is 0.0506. The predicted octanol–water partition coefficient (Wildman–Crippen LogP) is 4.27. The lowest BCUT2D eigenvalue weighted by molar-refractivity contribution is -0.267. The van der Waals surface area contributed by atoms with Crippen molar-refractivity contribution >= 4 is 21.7 Å². The monoisotopic (exact) mass is 398 g/mol. The van der Waals surface area contributed by atoms with Crippen LogP contribution in [0, 0.1) is 22.7 Å². The molecule has 1 saturated heterocycles. The van der Waals surface area contributed by atoms with Gasteiger partial charge in [0.05, 0.1) is 17.3 Å². The number of carbonyl (C=O) groups is 1. The van der Waals surface area contributed by atoms with Gasteiger partial charge in [0.15, 0.2) is 0 Å². The molecular formula is C20H31BrO3.